The van der Waals surface area contributed by atoms with Crippen molar-refractivity contribution < 1.29 is 19.1 Å². The van der Waals surface area contributed by atoms with Gasteiger partial charge in [0.2, 0.25) is 5.91 Å². The molecule has 3 aliphatic heterocycles. The van der Waals surface area contributed by atoms with Crippen molar-refractivity contribution in [3.63, 3.8) is 0 Å². The molecule has 1 aromatic carbocycles. The van der Waals surface area contributed by atoms with Crippen LogP contribution in [-0.4, -0.2) is 41.1 Å². The van der Waals surface area contributed by atoms with Gasteiger partial charge in [0.1, 0.15) is 18.1 Å². The van der Waals surface area contributed by atoms with Crippen molar-refractivity contribution in [2.45, 2.75) is 44.6 Å². The van der Waals surface area contributed by atoms with Gasteiger partial charge in [-0.05, 0) is 18.9 Å². The zero-order chi connectivity index (χ0) is 17.6. The molecule has 2 fully saturated rings. The molecule has 2 saturated heterocycles. The SMILES string of the molecule is CC[C@@H](C)N1C[C@@]23C=C[C@@H](O2)[C@H](C(=O)OCc2ccccc2)[C@H]3C1=O. The van der Waals surface area contributed by atoms with Crippen molar-refractivity contribution in [1.82, 2.24) is 4.90 Å². The van der Waals surface area contributed by atoms with Crippen molar-refractivity contribution in [3.05, 3.63) is 48.0 Å². The Morgan fingerprint density at radius 2 is 2.16 bits per heavy atom. The highest BCUT2D eigenvalue weighted by Crippen LogP contribution is 2.52. The van der Waals surface area contributed by atoms with E-state index in [0.29, 0.717) is 6.54 Å². The van der Waals surface area contributed by atoms with Gasteiger partial charge in [-0.15, -0.1) is 0 Å². The van der Waals surface area contributed by atoms with Crippen molar-refractivity contribution in [2.75, 3.05) is 6.54 Å². The van der Waals surface area contributed by atoms with Crippen LogP contribution < -0.4 is 0 Å². The van der Waals surface area contributed by atoms with Crippen molar-refractivity contribution in [2.24, 2.45) is 11.8 Å². The number of carbonyl (C=O) groups excluding carboxylic acids is 2. The van der Waals surface area contributed by atoms with Crippen LogP contribution in [0.3, 0.4) is 0 Å². The Labute approximate surface area is 147 Å². The van der Waals surface area contributed by atoms with E-state index in [1.165, 1.54) is 0 Å². The number of esters is 1. The summed E-state index contributed by atoms with van der Waals surface area (Å²) in [5.41, 5.74) is 0.283. The molecule has 5 heteroatoms. The molecule has 1 spiro atoms. The highest BCUT2D eigenvalue weighted by Gasteiger charge is 2.67. The van der Waals surface area contributed by atoms with Crippen LogP contribution >= 0.6 is 0 Å². The fourth-order valence-corrected chi connectivity index (χ4v) is 4.22. The van der Waals surface area contributed by atoms with Crippen LogP contribution in [0.2, 0.25) is 0 Å². The molecule has 3 aliphatic rings. The summed E-state index contributed by atoms with van der Waals surface area (Å²) in [7, 11) is 0. The number of rotatable bonds is 5. The Kier molecular flexibility index (Phi) is 3.91. The summed E-state index contributed by atoms with van der Waals surface area (Å²) >= 11 is 0. The Balaban J connectivity index is 1.52. The monoisotopic (exact) mass is 341 g/mol. The zero-order valence-electron chi connectivity index (χ0n) is 14.6. The molecule has 1 aromatic rings. The first-order valence-electron chi connectivity index (χ1n) is 8.94. The second-order valence-corrected chi connectivity index (χ2v) is 7.22. The quantitative estimate of drug-likeness (QED) is 0.609. The number of amides is 1. The van der Waals surface area contributed by atoms with Crippen molar-refractivity contribution >= 4 is 11.9 Å². The second kappa shape index (κ2) is 5.99. The van der Waals surface area contributed by atoms with Gasteiger partial charge in [-0.2, -0.15) is 0 Å². The lowest BCUT2D eigenvalue weighted by Crippen LogP contribution is -2.41. The number of ether oxygens (including phenoxy) is 2. The number of nitrogens with zero attached hydrogens (tertiary/aromatic N) is 1. The minimum atomic E-state index is -0.651. The smallest absolute Gasteiger partial charge is 0.313 e. The molecule has 0 aromatic heterocycles. The van der Waals surface area contributed by atoms with Gasteiger partial charge in [0.25, 0.3) is 0 Å². The van der Waals surface area contributed by atoms with Crippen molar-refractivity contribution in [3.8, 4) is 0 Å². The van der Waals surface area contributed by atoms with E-state index >= 15 is 0 Å². The third kappa shape index (κ3) is 2.49. The molecule has 1 amide bonds. The third-order valence-corrected chi connectivity index (χ3v) is 5.75. The molecule has 5 atom stereocenters. The average molecular weight is 341 g/mol. The van der Waals surface area contributed by atoms with E-state index in [2.05, 4.69) is 6.92 Å². The predicted octanol–water partition coefficient (Wildman–Crippen LogP) is 2.31. The predicted molar refractivity (Wildman–Crippen MR) is 91.4 cm³/mol. The van der Waals surface area contributed by atoms with E-state index < -0.39 is 17.4 Å². The topological polar surface area (TPSA) is 55.8 Å². The van der Waals surface area contributed by atoms with Crippen LogP contribution in [0.1, 0.15) is 25.8 Å². The summed E-state index contributed by atoms with van der Waals surface area (Å²) in [5, 5.41) is 0. The summed E-state index contributed by atoms with van der Waals surface area (Å²) in [6.07, 6.45) is 4.42. The summed E-state index contributed by atoms with van der Waals surface area (Å²) in [6.45, 7) is 4.84. The van der Waals surface area contributed by atoms with Crippen LogP contribution in [0.25, 0.3) is 0 Å². The molecule has 132 valence electrons. The largest absolute Gasteiger partial charge is 0.460 e. The Hall–Kier alpha value is -2.14. The third-order valence-electron chi connectivity index (χ3n) is 5.75. The van der Waals surface area contributed by atoms with E-state index in [4.69, 9.17) is 9.47 Å². The second-order valence-electron chi connectivity index (χ2n) is 7.22. The number of benzene rings is 1. The lowest BCUT2D eigenvalue weighted by Gasteiger charge is -2.26. The van der Waals surface area contributed by atoms with Crippen LogP contribution in [0, 0.1) is 11.8 Å². The molecule has 0 unspecified atom stereocenters. The molecule has 5 nitrogen and oxygen atoms in total. The Bertz CT molecular complexity index is 716. The van der Waals surface area contributed by atoms with E-state index in [-0.39, 0.29) is 30.6 Å². The number of likely N-dealkylation sites (tertiary alicyclic amines) is 1. The van der Waals surface area contributed by atoms with Crippen molar-refractivity contribution in [1.29, 1.82) is 0 Å². The Morgan fingerprint density at radius 3 is 2.88 bits per heavy atom. The summed E-state index contributed by atoms with van der Waals surface area (Å²) < 4.78 is 11.6. The first-order valence-corrected chi connectivity index (χ1v) is 8.94. The molecule has 0 aliphatic carbocycles. The maximum Gasteiger partial charge on any atom is 0.313 e. The van der Waals surface area contributed by atoms with Gasteiger partial charge in [0.15, 0.2) is 0 Å². The van der Waals surface area contributed by atoms with Gasteiger partial charge >= 0.3 is 5.97 Å². The lowest BCUT2D eigenvalue weighted by molar-refractivity contribution is -0.155. The molecular weight excluding hydrogens is 318 g/mol. The van der Waals surface area contributed by atoms with Crippen LogP contribution in [0.5, 0.6) is 0 Å². The molecule has 0 radical (unpaired) electrons. The first-order chi connectivity index (χ1) is 12.1. The fourth-order valence-electron chi connectivity index (χ4n) is 4.22. The maximum atomic E-state index is 13.0. The number of fused-ring (bicyclic) bond motifs is 1. The number of carbonyl (C=O) groups is 2. The minimum absolute atomic E-state index is 0.0165. The normalized spacial score (nSPS) is 33.6. The zero-order valence-corrected chi connectivity index (χ0v) is 14.6. The van der Waals surface area contributed by atoms with Gasteiger partial charge in [0.05, 0.1) is 18.6 Å². The Morgan fingerprint density at radius 1 is 1.40 bits per heavy atom. The molecule has 0 saturated carbocycles. The molecule has 25 heavy (non-hydrogen) atoms. The van der Waals surface area contributed by atoms with Gasteiger partial charge in [-0.25, -0.2) is 0 Å². The van der Waals surface area contributed by atoms with Crippen LogP contribution in [0.15, 0.2) is 42.5 Å². The number of hydrogen-bond acceptors (Lipinski definition) is 4. The van der Waals surface area contributed by atoms with E-state index in [9.17, 15) is 9.59 Å². The summed E-state index contributed by atoms with van der Waals surface area (Å²) in [4.78, 5) is 27.6. The van der Waals surface area contributed by atoms with Gasteiger partial charge < -0.3 is 14.4 Å². The highest BCUT2D eigenvalue weighted by molar-refractivity contribution is 5.91. The van der Waals surface area contributed by atoms with Gasteiger partial charge in [-0.3, -0.25) is 9.59 Å². The van der Waals surface area contributed by atoms with E-state index in [1.54, 1.807) is 0 Å². The molecule has 4 rings (SSSR count). The lowest BCUT2D eigenvalue weighted by atomic mass is 9.77. The van der Waals surface area contributed by atoms with Crippen LogP contribution in [-0.2, 0) is 25.7 Å². The number of hydrogen-bond donors (Lipinski definition) is 0. The average Bonchev–Trinajstić information content (AvgIpc) is 3.28. The highest BCUT2D eigenvalue weighted by atomic mass is 16.6. The fraction of sp³-hybridized carbons (Fsp3) is 0.500. The molecular formula is C20H23NO4. The standard InChI is InChI=1S/C20H23NO4/c1-3-13(2)21-12-20-10-9-15(25-20)16(17(20)18(21)22)19(23)24-11-14-7-5-4-6-8-14/h4-10,13,15-17H,3,11-12H2,1-2H3/t13-,15-,16+,17+,20-/m1/s1. The van der Waals surface area contributed by atoms with Crippen LogP contribution in [0.4, 0.5) is 0 Å². The minimum Gasteiger partial charge on any atom is -0.460 e. The summed E-state index contributed by atoms with van der Waals surface area (Å²) in [6, 6.07) is 9.71. The van der Waals surface area contributed by atoms with E-state index in [0.717, 1.165) is 12.0 Å². The first kappa shape index (κ1) is 16.3. The summed E-state index contributed by atoms with van der Waals surface area (Å²) in [5.74, 6) is -1.33. The molecule has 2 bridgehead atoms. The maximum absolute atomic E-state index is 13.0. The van der Waals surface area contributed by atoms with Gasteiger partial charge in [0, 0.05) is 6.04 Å². The van der Waals surface area contributed by atoms with E-state index in [1.807, 2.05) is 54.3 Å². The van der Waals surface area contributed by atoms with Gasteiger partial charge in [-0.1, -0.05) is 49.4 Å². The molecule has 3 heterocycles. The molecule has 0 N–H and O–H groups in total.